The maximum atomic E-state index is 10.8. The van der Waals surface area contributed by atoms with E-state index in [9.17, 15) is 4.79 Å². The first-order valence-electron chi connectivity index (χ1n) is 2.94. The van der Waals surface area contributed by atoms with Crippen LogP contribution in [0.4, 0.5) is 4.79 Å². The Balaban J connectivity index is 2.49. The summed E-state index contributed by atoms with van der Waals surface area (Å²) in [5.74, 6) is 0. The number of nitrogens with zero attached hydrogens (tertiary/aromatic N) is 1. The predicted octanol–water partition coefficient (Wildman–Crippen LogP) is 0.287. The normalized spacial score (nSPS) is 22.0. The number of amides is 2. The molecule has 1 heterocycles. The van der Waals surface area contributed by atoms with Crippen molar-refractivity contribution in [2.45, 2.75) is 12.3 Å². The molecule has 0 radical (unpaired) electrons. The molecule has 1 unspecified atom stereocenters. The molecule has 1 rings (SSSR count). The monoisotopic (exact) mass is 146 g/mol. The van der Waals surface area contributed by atoms with Crippen molar-refractivity contribution in [2.75, 3.05) is 13.1 Å². The molecule has 1 aliphatic rings. The average molecular weight is 146 g/mol. The van der Waals surface area contributed by atoms with Crippen molar-refractivity contribution < 1.29 is 4.79 Å². The minimum atomic E-state index is -0.00231. The van der Waals surface area contributed by atoms with E-state index in [2.05, 4.69) is 17.9 Å². The van der Waals surface area contributed by atoms with Crippen molar-refractivity contribution >= 4 is 18.7 Å². The Morgan fingerprint density at radius 1 is 1.89 bits per heavy atom. The summed E-state index contributed by atoms with van der Waals surface area (Å²) in [5.41, 5.74) is 0. The zero-order valence-electron chi connectivity index (χ0n) is 5.29. The molecule has 1 saturated heterocycles. The van der Waals surface area contributed by atoms with Gasteiger partial charge in [0.15, 0.2) is 0 Å². The fourth-order valence-electron chi connectivity index (χ4n) is 0.843. The van der Waals surface area contributed by atoms with E-state index in [0.717, 1.165) is 13.1 Å². The summed E-state index contributed by atoms with van der Waals surface area (Å²) in [6.45, 7) is 3.42. The van der Waals surface area contributed by atoms with E-state index < -0.39 is 0 Å². The van der Waals surface area contributed by atoms with Gasteiger partial charge in [0.2, 0.25) is 0 Å². The third-order valence-electron chi connectivity index (χ3n) is 1.34. The van der Waals surface area contributed by atoms with Gasteiger partial charge in [0.05, 0.1) is 5.37 Å². The zero-order valence-corrected chi connectivity index (χ0v) is 6.19. The molecule has 0 aromatic heterocycles. The maximum absolute atomic E-state index is 10.8. The topological polar surface area (TPSA) is 32.3 Å². The van der Waals surface area contributed by atoms with Crippen LogP contribution in [0, 0.1) is 0 Å². The predicted molar refractivity (Wildman–Crippen MR) is 38.6 cm³/mol. The van der Waals surface area contributed by atoms with Gasteiger partial charge in [-0.15, -0.1) is 0 Å². The highest BCUT2D eigenvalue weighted by atomic mass is 32.1. The number of thiol groups is 1. The molecule has 1 aliphatic heterocycles. The molecule has 1 N–H and O–H groups in total. The van der Waals surface area contributed by atoms with Crippen molar-refractivity contribution in [1.29, 1.82) is 0 Å². The second kappa shape index (κ2) is 2.47. The van der Waals surface area contributed by atoms with Gasteiger partial charge in [-0.25, -0.2) is 4.79 Å². The molecule has 9 heavy (non-hydrogen) atoms. The zero-order chi connectivity index (χ0) is 6.85. The Morgan fingerprint density at radius 2 is 2.56 bits per heavy atom. The number of nitrogens with one attached hydrogen (secondary N) is 1. The fraction of sp³-hybridized carbons (Fsp3) is 0.800. The largest absolute Gasteiger partial charge is 0.336 e. The summed E-state index contributed by atoms with van der Waals surface area (Å²) in [6, 6.07) is -0.00231. The summed E-state index contributed by atoms with van der Waals surface area (Å²) >= 11 is 4.12. The highest BCUT2D eigenvalue weighted by molar-refractivity contribution is 7.80. The van der Waals surface area contributed by atoms with Gasteiger partial charge >= 0.3 is 6.03 Å². The van der Waals surface area contributed by atoms with Crippen molar-refractivity contribution in [2.24, 2.45) is 0 Å². The Bertz CT molecular complexity index is 126. The van der Waals surface area contributed by atoms with Crippen LogP contribution in [-0.4, -0.2) is 29.4 Å². The molecule has 1 atom stereocenters. The second-order valence-electron chi connectivity index (χ2n) is 2.06. The van der Waals surface area contributed by atoms with Crippen LogP contribution in [0.3, 0.4) is 0 Å². The molecule has 2 amide bonds. The van der Waals surface area contributed by atoms with Crippen LogP contribution < -0.4 is 5.32 Å². The maximum Gasteiger partial charge on any atom is 0.318 e. The lowest BCUT2D eigenvalue weighted by molar-refractivity contribution is 0.216. The standard InChI is InChI=1S/C5H10N2OS/c1-4(9)7-3-2-6-5(7)8/h4,9H,2-3H2,1H3,(H,6,8). The van der Waals surface area contributed by atoms with Gasteiger partial charge < -0.3 is 10.2 Å². The second-order valence-corrected chi connectivity index (χ2v) is 2.80. The van der Waals surface area contributed by atoms with Crippen molar-refractivity contribution in [3.8, 4) is 0 Å². The van der Waals surface area contributed by atoms with E-state index >= 15 is 0 Å². The number of rotatable bonds is 1. The van der Waals surface area contributed by atoms with Gasteiger partial charge in [0.25, 0.3) is 0 Å². The Morgan fingerprint density at radius 3 is 2.78 bits per heavy atom. The fourth-order valence-corrected chi connectivity index (χ4v) is 1.06. The quantitative estimate of drug-likeness (QED) is 0.512. The molecule has 0 aliphatic carbocycles. The first-order valence-corrected chi connectivity index (χ1v) is 3.46. The molecular formula is C5H10N2OS. The lowest BCUT2D eigenvalue weighted by Gasteiger charge is -2.16. The van der Waals surface area contributed by atoms with Crippen molar-refractivity contribution in [3.63, 3.8) is 0 Å². The highest BCUT2D eigenvalue weighted by Gasteiger charge is 2.21. The lowest BCUT2D eigenvalue weighted by atomic mass is 10.6. The summed E-state index contributed by atoms with van der Waals surface area (Å²) in [7, 11) is 0. The van der Waals surface area contributed by atoms with Crippen LogP contribution >= 0.6 is 12.6 Å². The number of hydrogen-bond acceptors (Lipinski definition) is 2. The van der Waals surface area contributed by atoms with Gasteiger partial charge in [0.1, 0.15) is 0 Å². The molecule has 0 bridgehead atoms. The van der Waals surface area contributed by atoms with E-state index in [0.29, 0.717) is 0 Å². The summed E-state index contributed by atoms with van der Waals surface area (Å²) in [5, 5.41) is 2.72. The van der Waals surface area contributed by atoms with Crippen LogP contribution in [0.2, 0.25) is 0 Å². The molecule has 0 saturated carbocycles. The van der Waals surface area contributed by atoms with Gasteiger partial charge in [0, 0.05) is 13.1 Å². The molecule has 3 nitrogen and oxygen atoms in total. The average Bonchev–Trinajstić information content (AvgIpc) is 2.13. The Labute approximate surface area is 59.8 Å². The molecule has 4 heteroatoms. The minimum absolute atomic E-state index is 0.00231. The van der Waals surface area contributed by atoms with E-state index in [-0.39, 0.29) is 11.4 Å². The summed E-state index contributed by atoms with van der Waals surface area (Å²) in [6.07, 6.45) is 0. The third kappa shape index (κ3) is 1.30. The number of carbonyl (C=O) groups is 1. The number of hydrogen-bond donors (Lipinski definition) is 2. The van der Waals surface area contributed by atoms with Crippen LogP contribution in [0.25, 0.3) is 0 Å². The van der Waals surface area contributed by atoms with E-state index in [4.69, 9.17) is 0 Å². The van der Waals surface area contributed by atoms with Crippen LogP contribution in [0.5, 0.6) is 0 Å². The van der Waals surface area contributed by atoms with Crippen LogP contribution in [0.1, 0.15) is 6.92 Å². The molecular weight excluding hydrogens is 136 g/mol. The first kappa shape index (κ1) is 6.74. The molecule has 52 valence electrons. The van der Waals surface area contributed by atoms with Gasteiger partial charge in [-0.2, -0.15) is 12.6 Å². The highest BCUT2D eigenvalue weighted by Crippen LogP contribution is 2.05. The van der Waals surface area contributed by atoms with E-state index in [1.54, 1.807) is 4.90 Å². The number of urea groups is 1. The molecule has 0 aromatic carbocycles. The van der Waals surface area contributed by atoms with Gasteiger partial charge in [-0.1, -0.05) is 0 Å². The summed E-state index contributed by atoms with van der Waals surface area (Å²) < 4.78 is 0. The van der Waals surface area contributed by atoms with E-state index in [1.165, 1.54) is 0 Å². The van der Waals surface area contributed by atoms with Crippen LogP contribution in [-0.2, 0) is 0 Å². The third-order valence-corrected chi connectivity index (χ3v) is 1.62. The van der Waals surface area contributed by atoms with Crippen LogP contribution in [0.15, 0.2) is 0 Å². The van der Waals surface area contributed by atoms with Gasteiger partial charge in [-0.05, 0) is 6.92 Å². The summed E-state index contributed by atoms with van der Waals surface area (Å²) in [4.78, 5) is 12.5. The SMILES string of the molecule is CC(S)N1CCNC1=O. The molecule has 0 spiro atoms. The molecule has 0 aromatic rings. The van der Waals surface area contributed by atoms with Crippen molar-refractivity contribution in [3.05, 3.63) is 0 Å². The smallest absolute Gasteiger partial charge is 0.318 e. The number of carbonyl (C=O) groups excluding carboxylic acids is 1. The van der Waals surface area contributed by atoms with Crippen molar-refractivity contribution in [1.82, 2.24) is 10.2 Å². The first-order chi connectivity index (χ1) is 4.22. The Hall–Kier alpha value is -0.380. The van der Waals surface area contributed by atoms with Gasteiger partial charge in [-0.3, -0.25) is 0 Å². The molecule has 1 fully saturated rings. The Kier molecular flexibility index (Phi) is 1.85. The minimum Gasteiger partial charge on any atom is -0.336 e. The lowest BCUT2D eigenvalue weighted by Crippen LogP contribution is -2.32. The van der Waals surface area contributed by atoms with E-state index in [1.807, 2.05) is 6.92 Å².